The molecule has 1 N–H and O–H groups in total. The van der Waals surface area contributed by atoms with Gasteiger partial charge in [-0.1, -0.05) is 58.0 Å². The van der Waals surface area contributed by atoms with Gasteiger partial charge in [0.05, 0.1) is 12.2 Å². The second kappa shape index (κ2) is 7.34. The van der Waals surface area contributed by atoms with Crippen molar-refractivity contribution >= 4 is 11.8 Å². The number of carbonyl (C=O) groups is 2. The Morgan fingerprint density at radius 3 is 2.52 bits per heavy atom. The van der Waals surface area contributed by atoms with Crippen LogP contribution in [0.3, 0.4) is 0 Å². The van der Waals surface area contributed by atoms with Crippen LogP contribution in [0.25, 0.3) is 0 Å². The van der Waals surface area contributed by atoms with Crippen molar-refractivity contribution < 1.29 is 14.3 Å². The Kier molecular flexibility index (Phi) is 5.27. The topological polar surface area (TPSA) is 55.4 Å². The fourth-order valence-electron chi connectivity index (χ4n) is 4.01. The molecule has 0 amide bonds. The maximum Gasteiger partial charge on any atom is 0.336 e. The van der Waals surface area contributed by atoms with Crippen molar-refractivity contribution in [2.75, 3.05) is 6.61 Å². The first-order valence-electron chi connectivity index (χ1n) is 9.65. The number of hydrogen-bond donors (Lipinski definition) is 1. The third-order valence-electron chi connectivity index (χ3n) is 5.14. The number of dihydropyridines is 1. The van der Waals surface area contributed by atoms with Gasteiger partial charge in [-0.15, -0.1) is 0 Å². The summed E-state index contributed by atoms with van der Waals surface area (Å²) in [6.45, 7) is 10.5. The van der Waals surface area contributed by atoms with Crippen molar-refractivity contribution in [1.82, 2.24) is 5.32 Å². The molecule has 4 nitrogen and oxygen atoms in total. The standard InChI is InChI=1S/C23H29NO3/c1-14(2)13-27-22(26)19-15(3)24-17-11-23(4,5)12-18(25)21(17)20(19)16-9-7-6-8-10-16/h6-10,14,20,24H,11-13H2,1-5H3. The highest BCUT2D eigenvalue weighted by Crippen LogP contribution is 2.46. The van der Waals surface area contributed by atoms with Crippen LogP contribution in [0.2, 0.25) is 0 Å². The fourth-order valence-corrected chi connectivity index (χ4v) is 4.01. The summed E-state index contributed by atoms with van der Waals surface area (Å²) in [5.41, 5.74) is 3.87. The van der Waals surface area contributed by atoms with Gasteiger partial charge in [-0.2, -0.15) is 0 Å². The first-order chi connectivity index (χ1) is 12.7. The number of esters is 1. The number of hydrogen-bond acceptors (Lipinski definition) is 4. The van der Waals surface area contributed by atoms with Crippen LogP contribution in [0.5, 0.6) is 0 Å². The zero-order valence-electron chi connectivity index (χ0n) is 16.9. The first kappa shape index (κ1) is 19.4. The van der Waals surface area contributed by atoms with Crippen LogP contribution in [0.1, 0.15) is 58.9 Å². The van der Waals surface area contributed by atoms with E-state index in [1.54, 1.807) is 0 Å². The van der Waals surface area contributed by atoms with E-state index in [4.69, 9.17) is 4.74 Å². The molecule has 0 spiro atoms. The highest BCUT2D eigenvalue weighted by molar-refractivity contribution is 6.04. The molecule has 1 unspecified atom stereocenters. The lowest BCUT2D eigenvalue weighted by molar-refractivity contribution is -0.140. The lowest BCUT2D eigenvalue weighted by Crippen LogP contribution is -2.38. The molecule has 1 aliphatic carbocycles. The summed E-state index contributed by atoms with van der Waals surface area (Å²) < 4.78 is 5.55. The third-order valence-corrected chi connectivity index (χ3v) is 5.14. The SMILES string of the molecule is CC1=C(C(=O)OCC(C)C)C(c2ccccc2)C2=C(CC(C)(C)CC2=O)N1. The van der Waals surface area contributed by atoms with Gasteiger partial charge in [0.1, 0.15) is 0 Å². The number of carbonyl (C=O) groups excluding carboxylic acids is 2. The second-order valence-corrected chi connectivity index (χ2v) is 8.83. The number of Topliss-reactive ketones (excluding diaryl/α,β-unsaturated/α-hetero) is 1. The third kappa shape index (κ3) is 4.00. The van der Waals surface area contributed by atoms with Gasteiger partial charge in [0, 0.05) is 29.3 Å². The molecule has 0 bridgehead atoms. The van der Waals surface area contributed by atoms with Gasteiger partial charge in [-0.05, 0) is 30.2 Å². The lowest BCUT2D eigenvalue weighted by Gasteiger charge is -2.39. The Hall–Kier alpha value is -2.36. The first-order valence-corrected chi connectivity index (χ1v) is 9.65. The molecule has 0 radical (unpaired) electrons. The van der Waals surface area contributed by atoms with Gasteiger partial charge in [0.2, 0.25) is 0 Å². The van der Waals surface area contributed by atoms with E-state index in [2.05, 4.69) is 19.2 Å². The molecule has 2 aliphatic rings. The molecule has 1 aromatic rings. The smallest absolute Gasteiger partial charge is 0.336 e. The number of nitrogens with one attached hydrogen (secondary N) is 1. The van der Waals surface area contributed by atoms with Crippen LogP contribution in [-0.4, -0.2) is 18.4 Å². The van der Waals surface area contributed by atoms with E-state index in [-0.39, 0.29) is 29.0 Å². The van der Waals surface area contributed by atoms with Crippen molar-refractivity contribution in [2.24, 2.45) is 11.3 Å². The minimum Gasteiger partial charge on any atom is -0.462 e. The molecule has 27 heavy (non-hydrogen) atoms. The van der Waals surface area contributed by atoms with Gasteiger partial charge in [0.25, 0.3) is 0 Å². The summed E-state index contributed by atoms with van der Waals surface area (Å²) in [6, 6.07) is 9.80. The quantitative estimate of drug-likeness (QED) is 0.797. The Bertz CT molecular complexity index is 815. The Morgan fingerprint density at radius 1 is 1.22 bits per heavy atom. The molecule has 1 atom stereocenters. The largest absolute Gasteiger partial charge is 0.462 e. The molecule has 0 saturated heterocycles. The van der Waals surface area contributed by atoms with Crippen LogP contribution in [0, 0.1) is 11.3 Å². The van der Waals surface area contributed by atoms with Crippen LogP contribution in [0.4, 0.5) is 0 Å². The minimum absolute atomic E-state index is 0.0832. The number of rotatable bonds is 4. The highest BCUT2D eigenvalue weighted by atomic mass is 16.5. The normalized spacial score (nSPS) is 21.9. The predicted octanol–water partition coefficient (Wildman–Crippen LogP) is 4.49. The van der Waals surface area contributed by atoms with E-state index >= 15 is 0 Å². The van der Waals surface area contributed by atoms with Crippen molar-refractivity contribution in [3.63, 3.8) is 0 Å². The summed E-state index contributed by atoms with van der Waals surface area (Å²) in [5, 5.41) is 3.36. The summed E-state index contributed by atoms with van der Waals surface area (Å²) in [4.78, 5) is 26.0. The number of ether oxygens (including phenoxy) is 1. The lowest BCUT2D eigenvalue weighted by atomic mass is 9.68. The molecule has 144 valence electrons. The summed E-state index contributed by atoms with van der Waals surface area (Å²) in [5.74, 6) is -0.338. The molecule has 0 aromatic heterocycles. The van der Waals surface area contributed by atoms with Gasteiger partial charge in [-0.25, -0.2) is 4.79 Å². The maximum absolute atomic E-state index is 13.1. The van der Waals surface area contributed by atoms with E-state index in [1.807, 2.05) is 51.1 Å². The van der Waals surface area contributed by atoms with E-state index in [9.17, 15) is 9.59 Å². The van der Waals surface area contributed by atoms with E-state index in [1.165, 1.54) is 0 Å². The van der Waals surface area contributed by atoms with Crippen LogP contribution >= 0.6 is 0 Å². The van der Waals surface area contributed by atoms with Gasteiger partial charge in [-0.3, -0.25) is 4.79 Å². The molecule has 4 heteroatoms. The molecule has 1 aliphatic heterocycles. The molecule has 0 fully saturated rings. The maximum atomic E-state index is 13.1. The summed E-state index contributed by atoms with van der Waals surface area (Å²) in [6.07, 6.45) is 1.29. The second-order valence-electron chi connectivity index (χ2n) is 8.83. The number of allylic oxidation sites excluding steroid dienone is 3. The number of benzene rings is 1. The van der Waals surface area contributed by atoms with Crippen LogP contribution in [0.15, 0.2) is 52.9 Å². The molecular weight excluding hydrogens is 338 g/mol. The Labute approximate surface area is 161 Å². The van der Waals surface area contributed by atoms with Gasteiger partial charge < -0.3 is 10.1 Å². The fraction of sp³-hybridized carbons (Fsp3) is 0.478. The van der Waals surface area contributed by atoms with E-state index in [0.29, 0.717) is 18.6 Å². The monoisotopic (exact) mass is 367 g/mol. The molecule has 1 aromatic carbocycles. The zero-order valence-corrected chi connectivity index (χ0v) is 16.9. The van der Waals surface area contributed by atoms with E-state index < -0.39 is 0 Å². The molecule has 3 rings (SSSR count). The Morgan fingerprint density at radius 2 is 1.89 bits per heavy atom. The summed E-state index contributed by atoms with van der Waals surface area (Å²) in [7, 11) is 0. The van der Waals surface area contributed by atoms with Gasteiger partial charge in [0.15, 0.2) is 5.78 Å². The molecule has 1 heterocycles. The average Bonchev–Trinajstić information content (AvgIpc) is 2.58. The van der Waals surface area contributed by atoms with Crippen molar-refractivity contribution in [3.05, 3.63) is 58.4 Å². The van der Waals surface area contributed by atoms with Gasteiger partial charge >= 0.3 is 5.97 Å². The van der Waals surface area contributed by atoms with Crippen molar-refractivity contribution in [2.45, 2.75) is 53.4 Å². The predicted molar refractivity (Wildman–Crippen MR) is 106 cm³/mol. The van der Waals surface area contributed by atoms with Crippen LogP contribution in [-0.2, 0) is 14.3 Å². The van der Waals surface area contributed by atoms with Crippen molar-refractivity contribution in [1.29, 1.82) is 0 Å². The van der Waals surface area contributed by atoms with Crippen molar-refractivity contribution in [3.8, 4) is 0 Å². The number of ketones is 1. The van der Waals surface area contributed by atoms with Crippen LogP contribution < -0.4 is 5.32 Å². The summed E-state index contributed by atoms with van der Waals surface area (Å²) >= 11 is 0. The zero-order chi connectivity index (χ0) is 19.8. The highest BCUT2D eigenvalue weighted by Gasteiger charge is 2.43. The molecule has 0 saturated carbocycles. The van der Waals surface area contributed by atoms with E-state index in [0.717, 1.165) is 29.0 Å². The average molecular weight is 367 g/mol. The molecular formula is C23H29NO3. The minimum atomic E-state index is -0.370. The Balaban J connectivity index is 2.08.